The fourth-order valence-electron chi connectivity index (χ4n) is 3.45. The van der Waals surface area contributed by atoms with E-state index >= 15 is 0 Å². The van der Waals surface area contributed by atoms with Crippen molar-refractivity contribution in [3.05, 3.63) is 45.7 Å². The highest BCUT2D eigenvalue weighted by Crippen LogP contribution is 2.26. The number of thiophene rings is 1. The Morgan fingerprint density at radius 2 is 1.89 bits per heavy atom. The number of nitroso groups, excluding NO2 is 1. The van der Waals surface area contributed by atoms with E-state index in [2.05, 4.69) is 58.8 Å². The van der Waals surface area contributed by atoms with E-state index in [1.165, 1.54) is 11.3 Å². The number of imidazole rings is 1. The molecule has 3 aromatic rings. The fourth-order valence-corrected chi connectivity index (χ4v) is 4.23. The van der Waals surface area contributed by atoms with E-state index in [0.29, 0.717) is 23.5 Å². The van der Waals surface area contributed by atoms with Crippen LogP contribution in [0.3, 0.4) is 0 Å². The van der Waals surface area contributed by atoms with Crippen LogP contribution in [0.4, 0.5) is 15.7 Å². The Bertz CT molecular complexity index is 1270. The first kappa shape index (κ1) is 28.4. The number of carbonyl (C=O) groups is 1. The molecule has 4 N–H and O–H groups in total. The zero-order chi connectivity index (χ0) is 27.4. The third-order valence-corrected chi connectivity index (χ3v) is 6.86. The fraction of sp³-hybridized carbons (Fsp3) is 0.500. The first-order chi connectivity index (χ1) is 17.2. The van der Waals surface area contributed by atoms with Crippen LogP contribution in [0.2, 0.25) is 0 Å². The number of aliphatic hydroxyl groups is 1. The summed E-state index contributed by atoms with van der Waals surface area (Å²) in [5, 5.41) is 23.1. The van der Waals surface area contributed by atoms with Gasteiger partial charge in [-0.3, -0.25) is 15.6 Å². The minimum Gasteiger partial charge on any atom is -0.389 e. The smallest absolute Gasteiger partial charge is 0.326 e. The van der Waals surface area contributed by atoms with E-state index in [1.807, 2.05) is 22.8 Å². The Balaban J connectivity index is 1.79. The molecule has 2 aromatic heterocycles. The van der Waals surface area contributed by atoms with Gasteiger partial charge in [0.15, 0.2) is 6.17 Å². The van der Waals surface area contributed by atoms with E-state index in [4.69, 9.17) is 0 Å². The minimum atomic E-state index is -1.02. The van der Waals surface area contributed by atoms with Crippen molar-refractivity contribution in [2.75, 3.05) is 10.6 Å². The summed E-state index contributed by atoms with van der Waals surface area (Å²) in [6.45, 7) is 14.7. The first-order valence-corrected chi connectivity index (χ1v) is 13.1. The van der Waals surface area contributed by atoms with Gasteiger partial charge in [-0.05, 0) is 68.1 Å². The number of carbonyl (C=O) groups excluding carboxylic acids is 1. The number of benzene rings is 1. The summed E-state index contributed by atoms with van der Waals surface area (Å²) in [7, 11) is 0. The Labute approximate surface area is 221 Å². The number of anilines is 2. The highest BCUT2D eigenvalue weighted by Gasteiger charge is 2.22. The van der Waals surface area contributed by atoms with Crippen molar-refractivity contribution in [2.24, 2.45) is 15.6 Å². The second-order valence-electron chi connectivity index (χ2n) is 10.9. The lowest BCUT2D eigenvalue weighted by Crippen LogP contribution is -2.37. The molecule has 11 heteroatoms. The van der Waals surface area contributed by atoms with Crippen molar-refractivity contribution in [3.8, 4) is 0 Å². The van der Waals surface area contributed by atoms with Crippen molar-refractivity contribution in [2.45, 2.75) is 79.4 Å². The van der Waals surface area contributed by atoms with Crippen molar-refractivity contribution >= 4 is 45.6 Å². The van der Waals surface area contributed by atoms with Crippen LogP contribution in [0.1, 0.15) is 58.9 Å². The van der Waals surface area contributed by atoms with Gasteiger partial charge in [-0.1, -0.05) is 26.8 Å². The van der Waals surface area contributed by atoms with Crippen LogP contribution in [0.5, 0.6) is 0 Å². The predicted molar refractivity (Wildman–Crippen MR) is 152 cm³/mol. The van der Waals surface area contributed by atoms with Crippen molar-refractivity contribution in [1.82, 2.24) is 14.9 Å². The summed E-state index contributed by atoms with van der Waals surface area (Å²) in [6.07, 6.45) is 0.890. The summed E-state index contributed by atoms with van der Waals surface area (Å²) < 4.78 is 1.81. The Morgan fingerprint density at radius 3 is 2.54 bits per heavy atom. The number of rotatable bonds is 10. The van der Waals surface area contributed by atoms with Crippen molar-refractivity contribution in [3.63, 3.8) is 0 Å². The molecule has 3 rings (SSSR count). The predicted octanol–water partition coefficient (Wildman–Crippen LogP) is 5.57. The average Bonchev–Trinajstić information content (AvgIpc) is 3.37. The Morgan fingerprint density at radius 1 is 1.16 bits per heavy atom. The standard InChI is InChI=1S/C26H37N7O3S/c1-16(25(3,4)5)27-13-18-8-10-21-20(12-18)29-23(33(21)15-26(6,7)35)31-24(34)30-22-11-9-19(37-22)14-28-17(2)32-36/h8-12,14,16-17,27,35H,13,15H2,1-7H3,(H2,29,30,31,34). The highest BCUT2D eigenvalue weighted by molar-refractivity contribution is 7.17. The maximum absolute atomic E-state index is 12.8. The molecule has 0 bridgehead atoms. The Kier molecular flexibility index (Phi) is 8.83. The van der Waals surface area contributed by atoms with Crippen LogP contribution >= 0.6 is 11.3 Å². The van der Waals surface area contributed by atoms with Crippen molar-refractivity contribution in [1.29, 1.82) is 0 Å². The van der Waals surface area contributed by atoms with E-state index in [1.54, 1.807) is 39.1 Å². The van der Waals surface area contributed by atoms with Gasteiger partial charge < -0.3 is 15.0 Å². The molecule has 0 aliphatic carbocycles. The molecule has 10 nitrogen and oxygen atoms in total. The van der Waals surface area contributed by atoms with Crippen LogP contribution in [0.15, 0.2) is 40.5 Å². The molecule has 1 aromatic carbocycles. The number of nitrogens with zero attached hydrogens (tertiary/aromatic N) is 4. The maximum atomic E-state index is 12.8. The molecule has 0 radical (unpaired) electrons. The third-order valence-electron chi connectivity index (χ3n) is 5.93. The summed E-state index contributed by atoms with van der Waals surface area (Å²) >= 11 is 1.32. The first-order valence-electron chi connectivity index (χ1n) is 12.2. The summed E-state index contributed by atoms with van der Waals surface area (Å²) in [6, 6.07) is 9.42. The molecule has 2 unspecified atom stereocenters. The SMILES string of the molecule is CC(N=O)N=Cc1ccc(NC(=O)Nc2nc3cc(CNC(C)C(C)(C)C)ccc3n2CC(C)(C)O)s1. The number of fused-ring (bicyclic) bond motifs is 1. The summed E-state index contributed by atoms with van der Waals surface area (Å²) in [5.41, 5.74) is 1.76. The Hall–Kier alpha value is -3.15. The van der Waals surface area contributed by atoms with Gasteiger partial charge in [0.05, 0.1) is 28.2 Å². The maximum Gasteiger partial charge on any atom is 0.326 e. The molecule has 0 spiro atoms. The zero-order valence-electron chi connectivity index (χ0n) is 22.5. The monoisotopic (exact) mass is 527 g/mol. The van der Waals surface area contributed by atoms with E-state index in [9.17, 15) is 14.8 Å². The molecule has 0 fully saturated rings. The molecular weight excluding hydrogens is 490 g/mol. The van der Waals surface area contributed by atoms with Gasteiger partial charge in [0.2, 0.25) is 5.95 Å². The van der Waals surface area contributed by atoms with Crippen LogP contribution in [-0.2, 0) is 13.1 Å². The molecule has 200 valence electrons. The summed E-state index contributed by atoms with van der Waals surface area (Å²) in [5.74, 6) is 0.340. The molecule has 2 atom stereocenters. The second kappa shape index (κ2) is 11.5. The van der Waals surface area contributed by atoms with Crippen LogP contribution in [0, 0.1) is 10.3 Å². The number of aromatic nitrogens is 2. The second-order valence-corrected chi connectivity index (χ2v) is 12.0. The molecule has 2 amide bonds. The van der Waals surface area contributed by atoms with Crippen molar-refractivity contribution < 1.29 is 9.90 Å². The normalized spacial score (nSPS) is 14.2. The van der Waals surface area contributed by atoms with E-state index in [-0.39, 0.29) is 12.0 Å². The molecule has 0 aliphatic rings. The zero-order valence-corrected chi connectivity index (χ0v) is 23.3. The molecule has 2 heterocycles. The van der Waals surface area contributed by atoms with Crippen LogP contribution < -0.4 is 16.0 Å². The molecule has 0 aliphatic heterocycles. The quantitative estimate of drug-likeness (QED) is 0.202. The lowest BCUT2D eigenvalue weighted by atomic mass is 9.88. The van der Waals surface area contributed by atoms with E-state index < -0.39 is 17.8 Å². The molecule has 37 heavy (non-hydrogen) atoms. The van der Waals surface area contributed by atoms with E-state index in [0.717, 1.165) is 21.5 Å². The number of amides is 2. The highest BCUT2D eigenvalue weighted by atomic mass is 32.1. The number of aliphatic imine (C=N–C) groups is 1. The average molecular weight is 528 g/mol. The van der Waals surface area contributed by atoms with Gasteiger partial charge in [0, 0.05) is 23.7 Å². The van der Waals surface area contributed by atoms with Crippen LogP contribution in [-0.4, -0.2) is 44.7 Å². The minimum absolute atomic E-state index is 0.143. The summed E-state index contributed by atoms with van der Waals surface area (Å²) in [4.78, 5) is 32.8. The van der Waals surface area contributed by atoms with Gasteiger partial charge in [0.1, 0.15) is 0 Å². The van der Waals surface area contributed by atoms with Crippen LogP contribution in [0.25, 0.3) is 11.0 Å². The third kappa shape index (κ3) is 8.17. The number of urea groups is 1. The lowest BCUT2D eigenvalue weighted by Gasteiger charge is -2.28. The number of nitrogens with one attached hydrogen (secondary N) is 3. The number of hydrogen-bond acceptors (Lipinski definition) is 8. The van der Waals surface area contributed by atoms with Gasteiger partial charge in [0.25, 0.3) is 0 Å². The molecule has 0 saturated heterocycles. The lowest BCUT2D eigenvalue weighted by molar-refractivity contribution is 0.0632. The van der Waals surface area contributed by atoms with Gasteiger partial charge in [-0.25, -0.2) is 9.78 Å². The van der Waals surface area contributed by atoms with Gasteiger partial charge in [-0.2, -0.15) is 0 Å². The largest absolute Gasteiger partial charge is 0.389 e. The number of hydrogen-bond donors (Lipinski definition) is 4. The molecule has 0 saturated carbocycles. The topological polar surface area (TPSA) is 133 Å². The van der Waals surface area contributed by atoms with Gasteiger partial charge in [-0.15, -0.1) is 16.2 Å². The van der Waals surface area contributed by atoms with Gasteiger partial charge >= 0.3 is 6.03 Å². The molecular formula is C26H37N7O3S.